The lowest BCUT2D eigenvalue weighted by atomic mass is 10.1. The molecular formula is C14H17NO4. The number of aliphatic hydroxyl groups excluding tert-OH is 2. The first-order valence-electron chi connectivity index (χ1n) is 6.13. The zero-order valence-corrected chi connectivity index (χ0v) is 10.4. The molecule has 5 nitrogen and oxygen atoms in total. The lowest BCUT2D eigenvalue weighted by Gasteiger charge is -2.14. The molecule has 1 aromatic carbocycles. The van der Waals surface area contributed by atoms with Crippen LogP contribution >= 0.6 is 0 Å². The summed E-state index contributed by atoms with van der Waals surface area (Å²) < 4.78 is 0. The monoisotopic (exact) mass is 263 g/mol. The largest absolute Gasteiger partial charge is 0.478 e. The van der Waals surface area contributed by atoms with Gasteiger partial charge in [0.05, 0.1) is 12.2 Å². The van der Waals surface area contributed by atoms with Crippen LogP contribution in [0.4, 0.5) is 0 Å². The topological polar surface area (TPSA) is 81.0 Å². The van der Waals surface area contributed by atoms with Crippen LogP contribution in [-0.4, -0.2) is 51.5 Å². The second kappa shape index (κ2) is 5.97. The number of aliphatic carboxylic acids is 1. The van der Waals surface area contributed by atoms with E-state index in [0.717, 1.165) is 17.2 Å². The fraction of sp³-hybridized carbons (Fsp3) is 0.357. The molecule has 1 aliphatic rings. The third-order valence-electron chi connectivity index (χ3n) is 3.14. The summed E-state index contributed by atoms with van der Waals surface area (Å²) in [5.41, 5.74) is 1.89. The van der Waals surface area contributed by atoms with Gasteiger partial charge in [-0.3, -0.25) is 4.90 Å². The molecule has 0 radical (unpaired) electrons. The predicted octanol–water partition coefficient (Wildman–Crippen LogP) is 0.322. The number of likely N-dealkylation sites (tertiary alicyclic amines) is 1. The smallest absolute Gasteiger partial charge is 0.328 e. The van der Waals surface area contributed by atoms with Crippen LogP contribution in [0.1, 0.15) is 11.1 Å². The number of carboxylic acid groups (broad SMARTS) is 1. The van der Waals surface area contributed by atoms with Gasteiger partial charge in [-0.05, 0) is 17.2 Å². The molecule has 0 aromatic heterocycles. The highest BCUT2D eigenvalue weighted by Gasteiger charge is 2.29. The van der Waals surface area contributed by atoms with E-state index in [1.165, 1.54) is 6.08 Å². The van der Waals surface area contributed by atoms with Crippen LogP contribution in [0.15, 0.2) is 30.3 Å². The molecule has 19 heavy (non-hydrogen) atoms. The van der Waals surface area contributed by atoms with Crippen LogP contribution in [0.5, 0.6) is 0 Å². The molecule has 2 rings (SSSR count). The van der Waals surface area contributed by atoms with Gasteiger partial charge in [-0.15, -0.1) is 0 Å². The third kappa shape index (κ3) is 3.89. The maximum Gasteiger partial charge on any atom is 0.328 e. The Bertz CT molecular complexity index is 459. The molecule has 0 bridgehead atoms. The van der Waals surface area contributed by atoms with Gasteiger partial charge in [0.1, 0.15) is 0 Å². The van der Waals surface area contributed by atoms with Crippen molar-refractivity contribution in [3.05, 3.63) is 41.5 Å². The Hall–Kier alpha value is -1.69. The van der Waals surface area contributed by atoms with Crippen molar-refractivity contribution >= 4 is 12.0 Å². The summed E-state index contributed by atoms with van der Waals surface area (Å²) in [4.78, 5) is 12.4. The summed E-state index contributed by atoms with van der Waals surface area (Å²) in [6.45, 7) is 1.61. The number of rotatable bonds is 4. The molecule has 0 saturated carbocycles. The molecule has 1 aliphatic heterocycles. The summed E-state index contributed by atoms with van der Waals surface area (Å²) in [6.07, 6.45) is 1.30. The van der Waals surface area contributed by atoms with Gasteiger partial charge in [-0.1, -0.05) is 24.3 Å². The average molecular weight is 263 g/mol. The van der Waals surface area contributed by atoms with Crippen molar-refractivity contribution in [2.75, 3.05) is 13.1 Å². The SMILES string of the molecule is O=C(O)/C=C/c1ccc(CN2CC(O)C(O)C2)cc1. The minimum absolute atomic E-state index is 0.474. The Morgan fingerprint density at radius 1 is 1.21 bits per heavy atom. The van der Waals surface area contributed by atoms with Crippen LogP contribution in [0, 0.1) is 0 Å². The van der Waals surface area contributed by atoms with Crippen LogP contribution in [-0.2, 0) is 11.3 Å². The van der Waals surface area contributed by atoms with E-state index in [1.807, 2.05) is 29.2 Å². The zero-order valence-electron chi connectivity index (χ0n) is 10.4. The van der Waals surface area contributed by atoms with Crippen LogP contribution in [0.3, 0.4) is 0 Å². The van der Waals surface area contributed by atoms with Crippen molar-refractivity contribution in [3.63, 3.8) is 0 Å². The Kier molecular flexibility index (Phi) is 4.31. The molecule has 1 fully saturated rings. The van der Waals surface area contributed by atoms with E-state index < -0.39 is 18.2 Å². The van der Waals surface area contributed by atoms with E-state index in [0.29, 0.717) is 19.6 Å². The molecule has 2 atom stereocenters. The number of benzene rings is 1. The molecule has 1 saturated heterocycles. The maximum atomic E-state index is 10.4. The first-order chi connectivity index (χ1) is 9.04. The Morgan fingerprint density at radius 3 is 2.32 bits per heavy atom. The zero-order chi connectivity index (χ0) is 13.8. The summed E-state index contributed by atoms with van der Waals surface area (Å²) in [6, 6.07) is 7.52. The van der Waals surface area contributed by atoms with Crippen LogP contribution in [0.25, 0.3) is 6.08 Å². The Morgan fingerprint density at radius 2 is 1.79 bits per heavy atom. The molecule has 0 spiro atoms. The molecule has 0 amide bonds. The normalized spacial score (nSPS) is 24.1. The van der Waals surface area contributed by atoms with Gasteiger partial charge in [0.25, 0.3) is 0 Å². The van der Waals surface area contributed by atoms with E-state index in [1.54, 1.807) is 0 Å². The van der Waals surface area contributed by atoms with E-state index in [9.17, 15) is 15.0 Å². The van der Waals surface area contributed by atoms with E-state index in [4.69, 9.17) is 5.11 Å². The van der Waals surface area contributed by atoms with Crippen molar-refractivity contribution in [2.24, 2.45) is 0 Å². The fourth-order valence-corrected chi connectivity index (χ4v) is 2.14. The molecular weight excluding hydrogens is 246 g/mol. The predicted molar refractivity (Wildman–Crippen MR) is 70.4 cm³/mol. The first-order valence-corrected chi connectivity index (χ1v) is 6.13. The highest BCUT2D eigenvalue weighted by atomic mass is 16.4. The lowest BCUT2D eigenvalue weighted by Crippen LogP contribution is -2.22. The summed E-state index contributed by atoms with van der Waals surface area (Å²) >= 11 is 0. The molecule has 102 valence electrons. The molecule has 5 heteroatoms. The standard InChI is InChI=1S/C14H17NO4/c16-12-8-15(9-13(12)17)7-11-3-1-10(2-4-11)5-6-14(18)19/h1-6,12-13,16-17H,7-9H2,(H,18,19)/b6-5+. The Balaban J connectivity index is 1.94. The summed E-state index contributed by atoms with van der Waals surface area (Å²) in [5, 5.41) is 27.4. The summed E-state index contributed by atoms with van der Waals surface area (Å²) in [7, 11) is 0. The molecule has 0 aliphatic carbocycles. The second-order valence-electron chi connectivity index (χ2n) is 4.74. The van der Waals surface area contributed by atoms with Crippen molar-refractivity contribution in [1.29, 1.82) is 0 Å². The van der Waals surface area contributed by atoms with E-state index >= 15 is 0 Å². The van der Waals surface area contributed by atoms with Gasteiger partial charge >= 0.3 is 5.97 Å². The number of nitrogens with zero attached hydrogens (tertiary/aromatic N) is 1. The highest BCUT2D eigenvalue weighted by molar-refractivity contribution is 5.85. The maximum absolute atomic E-state index is 10.4. The fourth-order valence-electron chi connectivity index (χ4n) is 2.14. The van der Waals surface area contributed by atoms with Gasteiger partial charge in [0, 0.05) is 25.7 Å². The molecule has 2 unspecified atom stereocenters. The number of hydrogen-bond donors (Lipinski definition) is 3. The van der Waals surface area contributed by atoms with Gasteiger partial charge < -0.3 is 15.3 Å². The van der Waals surface area contributed by atoms with Crippen molar-refractivity contribution in [3.8, 4) is 0 Å². The molecule has 1 heterocycles. The number of aliphatic hydroxyl groups is 2. The van der Waals surface area contributed by atoms with Crippen molar-refractivity contribution < 1.29 is 20.1 Å². The van der Waals surface area contributed by atoms with Crippen molar-refractivity contribution in [1.82, 2.24) is 4.90 Å². The van der Waals surface area contributed by atoms with Crippen LogP contribution in [0.2, 0.25) is 0 Å². The van der Waals surface area contributed by atoms with E-state index in [2.05, 4.69) is 0 Å². The minimum atomic E-state index is -0.968. The summed E-state index contributed by atoms with van der Waals surface area (Å²) in [5.74, 6) is -0.968. The number of β-amino-alcohol motifs (C(OH)–C–C–N with tert-alkyl or cyclic N) is 2. The van der Waals surface area contributed by atoms with Gasteiger partial charge in [-0.2, -0.15) is 0 Å². The number of carboxylic acids is 1. The minimum Gasteiger partial charge on any atom is -0.478 e. The first kappa shape index (κ1) is 13.7. The number of hydrogen-bond acceptors (Lipinski definition) is 4. The molecule has 1 aromatic rings. The van der Waals surface area contributed by atoms with Gasteiger partial charge in [0.15, 0.2) is 0 Å². The van der Waals surface area contributed by atoms with Gasteiger partial charge in [-0.25, -0.2) is 4.79 Å². The quantitative estimate of drug-likeness (QED) is 0.682. The average Bonchev–Trinajstić information content (AvgIpc) is 2.67. The van der Waals surface area contributed by atoms with Crippen LogP contribution < -0.4 is 0 Å². The number of carbonyl (C=O) groups is 1. The Labute approximate surface area is 111 Å². The third-order valence-corrected chi connectivity index (χ3v) is 3.14. The van der Waals surface area contributed by atoms with Crippen molar-refractivity contribution in [2.45, 2.75) is 18.8 Å². The van der Waals surface area contributed by atoms with Gasteiger partial charge in [0.2, 0.25) is 0 Å². The highest BCUT2D eigenvalue weighted by Crippen LogP contribution is 2.15. The second-order valence-corrected chi connectivity index (χ2v) is 4.74. The molecule has 3 N–H and O–H groups in total. The van der Waals surface area contributed by atoms with E-state index in [-0.39, 0.29) is 0 Å². The lowest BCUT2D eigenvalue weighted by molar-refractivity contribution is -0.131.